The van der Waals surface area contributed by atoms with Gasteiger partial charge in [0.25, 0.3) is 0 Å². The Kier molecular flexibility index (Phi) is 0.820. The summed E-state index contributed by atoms with van der Waals surface area (Å²) < 4.78 is 0. The van der Waals surface area contributed by atoms with Crippen molar-refractivity contribution in [3.05, 3.63) is 0 Å². The molecule has 62 valence electrons. The summed E-state index contributed by atoms with van der Waals surface area (Å²) in [6.45, 7) is 4.72. The summed E-state index contributed by atoms with van der Waals surface area (Å²) in [5, 5.41) is 0. The molecule has 0 aromatic carbocycles. The molecule has 0 saturated heterocycles. The first kappa shape index (κ1) is 6.47. The highest BCUT2D eigenvalue weighted by Gasteiger charge is 2.78. The molecule has 1 heteroatoms. The standard InChI is InChI=1S/C10H17N/c1-9(2)8(11)10(9)4-3-6-5-7(6)10/h6-8H,3-5,11H2,1-2H3. The van der Waals surface area contributed by atoms with Crippen molar-refractivity contribution in [1.82, 2.24) is 0 Å². The second kappa shape index (κ2) is 1.39. The number of hydrogen-bond acceptors (Lipinski definition) is 1. The highest BCUT2D eigenvalue weighted by molar-refractivity contribution is 5.30. The van der Waals surface area contributed by atoms with Crippen LogP contribution in [-0.4, -0.2) is 6.04 Å². The van der Waals surface area contributed by atoms with Crippen molar-refractivity contribution in [2.45, 2.75) is 39.2 Å². The first-order chi connectivity index (χ1) is 5.11. The Morgan fingerprint density at radius 3 is 2.18 bits per heavy atom. The van der Waals surface area contributed by atoms with Crippen LogP contribution in [0.5, 0.6) is 0 Å². The Morgan fingerprint density at radius 1 is 1.36 bits per heavy atom. The van der Waals surface area contributed by atoms with Gasteiger partial charge in [0.05, 0.1) is 0 Å². The van der Waals surface area contributed by atoms with Gasteiger partial charge in [-0.3, -0.25) is 0 Å². The Morgan fingerprint density at radius 2 is 2.00 bits per heavy atom. The molecule has 3 aliphatic rings. The fourth-order valence-corrected chi connectivity index (χ4v) is 3.92. The van der Waals surface area contributed by atoms with E-state index < -0.39 is 0 Å². The second-order valence-electron chi connectivity index (χ2n) is 5.38. The van der Waals surface area contributed by atoms with Crippen molar-refractivity contribution in [2.75, 3.05) is 0 Å². The minimum Gasteiger partial charge on any atom is -0.327 e. The van der Waals surface area contributed by atoms with Gasteiger partial charge in [0.2, 0.25) is 0 Å². The van der Waals surface area contributed by atoms with Crippen molar-refractivity contribution in [3.8, 4) is 0 Å². The topological polar surface area (TPSA) is 26.0 Å². The molecule has 0 aromatic rings. The lowest BCUT2D eigenvalue weighted by Gasteiger charge is -2.13. The Hall–Kier alpha value is -0.0400. The van der Waals surface area contributed by atoms with Gasteiger partial charge in [-0.05, 0) is 41.9 Å². The predicted octanol–water partition coefficient (Wildman–Crippen LogP) is 1.77. The third-order valence-electron chi connectivity index (χ3n) is 4.96. The molecule has 1 nitrogen and oxygen atoms in total. The summed E-state index contributed by atoms with van der Waals surface area (Å²) in [7, 11) is 0. The minimum absolute atomic E-state index is 0.475. The van der Waals surface area contributed by atoms with Crippen LogP contribution in [0, 0.1) is 22.7 Å². The van der Waals surface area contributed by atoms with Gasteiger partial charge in [-0.25, -0.2) is 0 Å². The van der Waals surface area contributed by atoms with Gasteiger partial charge < -0.3 is 5.73 Å². The van der Waals surface area contributed by atoms with Crippen molar-refractivity contribution >= 4 is 0 Å². The van der Waals surface area contributed by atoms with Gasteiger partial charge >= 0.3 is 0 Å². The lowest BCUT2D eigenvalue weighted by Crippen LogP contribution is -2.13. The molecule has 2 N–H and O–H groups in total. The molecule has 0 amide bonds. The van der Waals surface area contributed by atoms with E-state index in [2.05, 4.69) is 13.8 Å². The van der Waals surface area contributed by atoms with Gasteiger partial charge in [-0.1, -0.05) is 13.8 Å². The van der Waals surface area contributed by atoms with Crippen LogP contribution in [-0.2, 0) is 0 Å². The first-order valence-electron chi connectivity index (χ1n) is 4.86. The summed E-state index contributed by atoms with van der Waals surface area (Å²) in [5.41, 5.74) is 7.24. The molecule has 11 heavy (non-hydrogen) atoms. The molecule has 3 saturated carbocycles. The third kappa shape index (κ3) is 0.462. The minimum atomic E-state index is 0.475. The van der Waals surface area contributed by atoms with E-state index in [1.165, 1.54) is 19.3 Å². The highest BCUT2D eigenvalue weighted by atomic mass is 15.0. The van der Waals surface area contributed by atoms with Crippen molar-refractivity contribution in [1.29, 1.82) is 0 Å². The predicted molar refractivity (Wildman–Crippen MR) is 45.0 cm³/mol. The molecule has 4 atom stereocenters. The number of nitrogens with two attached hydrogens (primary N) is 1. The largest absolute Gasteiger partial charge is 0.327 e. The molecule has 3 fully saturated rings. The van der Waals surface area contributed by atoms with E-state index in [0.29, 0.717) is 16.9 Å². The summed E-state index contributed by atoms with van der Waals surface area (Å²) in [4.78, 5) is 0. The lowest BCUT2D eigenvalue weighted by atomic mass is 9.90. The van der Waals surface area contributed by atoms with E-state index in [9.17, 15) is 0 Å². The van der Waals surface area contributed by atoms with Crippen LogP contribution in [0.4, 0.5) is 0 Å². The normalized spacial score (nSPS) is 63.0. The van der Waals surface area contributed by atoms with Gasteiger partial charge in [-0.15, -0.1) is 0 Å². The third-order valence-corrected chi connectivity index (χ3v) is 4.96. The van der Waals surface area contributed by atoms with Crippen LogP contribution < -0.4 is 5.73 Å². The monoisotopic (exact) mass is 151 g/mol. The first-order valence-corrected chi connectivity index (χ1v) is 4.86. The number of rotatable bonds is 0. The summed E-state index contributed by atoms with van der Waals surface area (Å²) in [6.07, 6.45) is 4.40. The average molecular weight is 151 g/mol. The van der Waals surface area contributed by atoms with E-state index in [1.807, 2.05) is 0 Å². The second-order valence-corrected chi connectivity index (χ2v) is 5.38. The van der Waals surface area contributed by atoms with Crippen LogP contribution in [0.15, 0.2) is 0 Å². The van der Waals surface area contributed by atoms with Crippen LogP contribution in [0.25, 0.3) is 0 Å². The fraction of sp³-hybridized carbons (Fsp3) is 1.00. The smallest absolute Gasteiger partial charge is 0.0162 e. The molecule has 3 rings (SSSR count). The van der Waals surface area contributed by atoms with Crippen molar-refractivity contribution < 1.29 is 0 Å². The molecular formula is C10H17N. The van der Waals surface area contributed by atoms with E-state index >= 15 is 0 Å². The molecule has 3 aliphatic carbocycles. The van der Waals surface area contributed by atoms with Gasteiger partial charge in [0.1, 0.15) is 0 Å². The SMILES string of the molecule is CC1(C)C(N)C12CCC1CC12. The summed E-state index contributed by atoms with van der Waals surface area (Å²) in [6, 6.07) is 0.521. The maximum Gasteiger partial charge on any atom is 0.0162 e. The molecule has 0 heterocycles. The lowest BCUT2D eigenvalue weighted by molar-refractivity contribution is 0.345. The molecule has 0 bridgehead atoms. The average Bonchev–Trinajstić information content (AvgIpc) is 2.74. The maximum atomic E-state index is 6.16. The zero-order valence-corrected chi connectivity index (χ0v) is 7.43. The number of fused-ring (bicyclic) bond motifs is 2. The molecule has 1 spiro atoms. The van der Waals surface area contributed by atoms with Gasteiger partial charge in [-0.2, -0.15) is 0 Å². The quantitative estimate of drug-likeness (QED) is 0.561. The van der Waals surface area contributed by atoms with Crippen LogP contribution >= 0.6 is 0 Å². The molecule has 0 aromatic heterocycles. The molecule has 4 unspecified atom stereocenters. The van der Waals surface area contributed by atoms with Gasteiger partial charge in [0.15, 0.2) is 0 Å². The summed E-state index contributed by atoms with van der Waals surface area (Å²) >= 11 is 0. The van der Waals surface area contributed by atoms with Gasteiger partial charge in [0, 0.05) is 6.04 Å². The van der Waals surface area contributed by atoms with Crippen LogP contribution in [0.2, 0.25) is 0 Å². The number of hydrogen-bond donors (Lipinski definition) is 1. The van der Waals surface area contributed by atoms with E-state index in [1.54, 1.807) is 0 Å². The van der Waals surface area contributed by atoms with Crippen LogP contribution in [0.1, 0.15) is 33.1 Å². The van der Waals surface area contributed by atoms with E-state index in [0.717, 1.165) is 11.8 Å². The van der Waals surface area contributed by atoms with Crippen molar-refractivity contribution in [3.63, 3.8) is 0 Å². The molecule has 0 aliphatic heterocycles. The molecular weight excluding hydrogens is 134 g/mol. The maximum absolute atomic E-state index is 6.16. The Balaban J connectivity index is 1.98. The van der Waals surface area contributed by atoms with E-state index in [-0.39, 0.29) is 0 Å². The molecule has 0 radical (unpaired) electrons. The summed E-state index contributed by atoms with van der Waals surface area (Å²) in [5.74, 6) is 2.12. The van der Waals surface area contributed by atoms with E-state index in [4.69, 9.17) is 5.73 Å². The zero-order chi connectivity index (χ0) is 7.85. The Labute approximate surface area is 68.3 Å². The fourth-order valence-electron chi connectivity index (χ4n) is 3.92. The van der Waals surface area contributed by atoms with Crippen LogP contribution in [0.3, 0.4) is 0 Å². The highest BCUT2D eigenvalue weighted by Crippen LogP contribution is 2.80. The zero-order valence-electron chi connectivity index (χ0n) is 7.43. The Bertz CT molecular complexity index is 217. The van der Waals surface area contributed by atoms with Crippen molar-refractivity contribution in [2.24, 2.45) is 28.4 Å².